The van der Waals surface area contributed by atoms with E-state index in [1.807, 2.05) is 36.4 Å². The van der Waals surface area contributed by atoms with Gasteiger partial charge in [0.05, 0.1) is 11.4 Å². The van der Waals surface area contributed by atoms with Gasteiger partial charge in [-0.2, -0.15) is 0 Å². The molecule has 2 saturated heterocycles. The van der Waals surface area contributed by atoms with E-state index < -0.39 is 0 Å². The number of thiocarbonyl (C=S) groups is 1. The first-order valence-electron chi connectivity index (χ1n) is 9.27. The molecule has 0 unspecified atom stereocenters. The Hall–Kier alpha value is -2.11. The zero-order chi connectivity index (χ0) is 18.8. The van der Waals surface area contributed by atoms with Crippen LogP contribution in [-0.4, -0.2) is 28.2 Å². The van der Waals surface area contributed by atoms with Crippen LogP contribution in [0.1, 0.15) is 29.5 Å². The zero-order valence-electron chi connectivity index (χ0n) is 15.4. The molecule has 5 heteroatoms. The monoisotopic (exact) mass is 394 g/mol. The van der Waals surface area contributed by atoms with Crippen molar-refractivity contribution in [2.45, 2.75) is 26.3 Å². The van der Waals surface area contributed by atoms with Crippen LogP contribution < -0.4 is 4.90 Å². The Labute approximate surface area is 170 Å². The molecular formula is C22H22N2OS2. The van der Waals surface area contributed by atoms with E-state index in [0.717, 1.165) is 24.2 Å². The van der Waals surface area contributed by atoms with E-state index in [2.05, 4.69) is 30.0 Å². The second kappa shape index (κ2) is 7.87. The van der Waals surface area contributed by atoms with Crippen molar-refractivity contribution in [3.63, 3.8) is 0 Å². The number of benzene rings is 2. The Balaban J connectivity index is 1.53. The Morgan fingerprint density at radius 2 is 1.85 bits per heavy atom. The number of aryl methyl sites for hydroxylation is 1. The maximum Gasteiger partial charge on any atom is 0.266 e. The van der Waals surface area contributed by atoms with E-state index in [0.29, 0.717) is 15.8 Å². The van der Waals surface area contributed by atoms with Crippen LogP contribution in [0.4, 0.5) is 5.69 Å². The molecule has 0 N–H and O–H groups in total. The molecule has 0 spiro atoms. The first-order valence-corrected chi connectivity index (χ1v) is 10.5. The van der Waals surface area contributed by atoms with Gasteiger partial charge in [-0.1, -0.05) is 60.4 Å². The van der Waals surface area contributed by atoms with Crippen LogP contribution >= 0.6 is 24.0 Å². The molecule has 3 nitrogen and oxygen atoms in total. The summed E-state index contributed by atoms with van der Waals surface area (Å²) >= 11 is 6.85. The largest absolute Gasteiger partial charge is 0.372 e. The number of carbonyl (C=O) groups is 1. The molecule has 2 fully saturated rings. The van der Waals surface area contributed by atoms with E-state index in [4.69, 9.17) is 12.2 Å². The number of anilines is 1. The lowest BCUT2D eigenvalue weighted by molar-refractivity contribution is -0.122. The van der Waals surface area contributed by atoms with Gasteiger partial charge in [-0.15, -0.1) is 0 Å². The van der Waals surface area contributed by atoms with Crippen molar-refractivity contribution in [2.75, 3.05) is 18.0 Å². The number of thioether (sulfide) groups is 1. The van der Waals surface area contributed by atoms with E-state index in [1.165, 1.54) is 35.9 Å². The van der Waals surface area contributed by atoms with Crippen molar-refractivity contribution in [1.29, 1.82) is 0 Å². The molecule has 0 saturated carbocycles. The quantitative estimate of drug-likeness (QED) is 0.538. The highest BCUT2D eigenvalue weighted by Gasteiger charge is 2.32. The van der Waals surface area contributed by atoms with Gasteiger partial charge in [0.15, 0.2) is 0 Å². The Morgan fingerprint density at radius 3 is 2.56 bits per heavy atom. The Morgan fingerprint density at radius 1 is 1.11 bits per heavy atom. The molecule has 138 valence electrons. The van der Waals surface area contributed by atoms with Gasteiger partial charge in [0.25, 0.3) is 5.91 Å². The first kappa shape index (κ1) is 18.3. The van der Waals surface area contributed by atoms with E-state index in [9.17, 15) is 4.79 Å². The lowest BCUT2D eigenvalue weighted by atomic mass is 10.1. The van der Waals surface area contributed by atoms with Crippen molar-refractivity contribution >= 4 is 46.0 Å². The second-order valence-electron chi connectivity index (χ2n) is 6.99. The summed E-state index contributed by atoms with van der Waals surface area (Å²) in [6.45, 7) is 4.90. The predicted octanol–water partition coefficient (Wildman–Crippen LogP) is 5.00. The van der Waals surface area contributed by atoms with Gasteiger partial charge in [0, 0.05) is 18.8 Å². The molecule has 2 aliphatic heterocycles. The second-order valence-corrected chi connectivity index (χ2v) is 8.66. The van der Waals surface area contributed by atoms with Crippen molar-refractivity contribution in [3.05, 3.63) is 70.1 Å². The van der Waals surface area contributed by atoms with Gasteiger partial charge < -0.3 is 4.90 Å². The summed E-state index contributed by atoms with van der Waals surface area (Å²) in [5, 5.41) is 0. The third kappa shape index (κ3) is 3.94. The summed E-state index contributed by atoms with van der Waals surface area (Å²) in [6.07, 6.45) is 4.52. The summed E-state index contributed by atoms with van der Waals surface area (Å²) in [4.78, 5) is 17.7. The Bertz CT molecular complexity index is 902. The fraction of sp³-hybridized carbons (Fsp3) is 0.273. The molecule has 4 rings (SSSR count). The zero-order valence-corrected chi connectivity index (χ0v) is 17.0. The standard InChI is InChI=1S/C22H22N2OS2/c1-16-13-19(23-11-5-6-12-23)10-9-18(16)14-20-21(25)24(22(26)27-20)15-17-7-3-2-4-8-17/h2-4,7-10,13-14H,5-6,11-12,15H2,1H3/b20-14-. The van der Waals surface area contributed by atoms with Crippen molar-refractivity contribution in [1.82, 2.24) is 4.90 Å². The predicted molar refractivity (Wildman–Crippen MR) is 118 cm³/mol. The van der Waals surface area contributed by atoms with Gasteiger partial charge in [0.2, 0.25) is 0 Å². The summed E-state index contributed by atoms with van der Waals surface area (Å²) in [5.74, 6) is -0.00290. The van der Waals surface area contributed by atoms with Gasteiger partial charge in [-0.05, 0) is 54.7 Å². The number of nitrogens with zero attached hydrogens (tertiary/aromatic N) is 2. The summed E-state index contributed by atoms with van der Waals surface area (Å²) in [6, 6.07) is 16.5. The lowest BCUT2D eigenvalue weighted by Crippen LogP contribution is -2.27. The fourth-order valence-corrected chi connectivity index (χ4v) is 4.78. The molecule has 0 atom stereocenters. The number of carbonyl (C=O) groups excluding carboxylic acids is 1. The SMILES string of the molecule is Cc1cc(N2CCCC2)ccc1/C=C1\SC(=S)N(Cc2ccccc2)C1=O. The molecule has 27 heavy (non-hydrogen) atoms. The van der Waals surface area contributed by atoms with Crippen LogP contribution in [0, 0.1) is 6.92 Å². The molecule has 2 heterocycles. The fourth-order valence-electron chi connectivity index (χ4n) is 3.54. The number of hydrogen-bond acceptors (Lipinski definition) is 4. The maximum atomic E-state index is 12.9. The minimum absolute atomic E-state index is 0.00290. The van der Waals surface area contributed by atoms with Gasteiger partial charge in [0.1, 0.15) is 4.32 Å². The van der Waals surface area contributed by atoms with E-state index >= 15 is 0 Å². The molecule has 2 aliphatic rings. The van der Waals surface area contributed by atoms with Crippen molar-refractivity contribution in [2.24, 2.45) is 0 Å². The van der Waals surface area contributed by atoms with Crippen LogP contribution in [0.3, 0.4) is 0 Å². The van der Waals surface area contributed by atoms with Crippen LogP contribution in [0.5, 0.6) is 0 Å². The molecule has 0 aliphatic carbocycles. The lowest BCUT2D eigenvalue weighted by Gasteiger charge is -2.18. The Kier molecular flexibility index (Phi) is 5.32. The summed E-state index contributed by atoms with van der Waals surface area (Å²) < 4.78 is 0.626. The van der Waals surface area contributed by atoms with Gasteiger partial charge in [-0.25, -0.2) is 0 Å². The normalized spacial score (nSPS) is 18.8. The third-order valence-corrected chi connectivity index (χ3v) is 6.45. The molecule has 2 aromatic rings. The molecule has 2 aromatic carbocycles. The number of rotatable bonds is 4. The minimum Gasteiger partial charge on any atom is -0.372 e. The van der Waals surface area contributed by atoms with Crippen LogP contribution in [-0.2, 0) is 11.3 Å². The highest BCUT2D eigenvalue weighted by atomic mass is 32.2. The van der Waals surface area contributed by atoms with Gasteiger partial charge in [-0.3, -0.25) is 9.69 Å². The molecule has 0 aromatic heterocycles. The van der Waals surface area contributed by atoms with E-state index in [1.54, 1.807) is 4.90 Å². The number of amides is 1. The average molecular weight is 395 g/mol. The first-order chi connectivity index (χ1) is 13.1. The molecular weight excluding hydrogens is 372 g/mol. The molecule has 0 bridgehead atoms. The molecule has 0 radical (unpaired) electrons. The highest BCUT2D eigenvalue weighted by molar-refractivity contribution is 8.26. The van der Waals surface area contributed by atoms with Crippen LogP contribution in [0.15, 0.2) is 53.4 Å². The summed E-state index contributed by atoms with van der Waals surface area (Å²) in [5.41, 5.74) is 4.63. The highest BCUT2D eigenvalue weighted by Crippen LogP contribution is 2.34. The maximum absolute atomic E-state index is 12.9. The van der Waals surface area contributed by atoms with Crippen LogP contribution in [0.2, 0.25) is 0 Å². The summed E-state index contributed by atoms with van der Waals surface area (Å²) in [7, 11) is 0. The molecule has 1 amide bonds. The average Bonchev–Trinajstić information content (AvgIpc) is 3.29. The van der Waals surface area contributed by atoms with Crippen molar-refractivity contribution in [3.8, 4) is 0 Å². The van der Waals surface area contributed by atoms with E-state index in [-0.39, 0.29) is 5.91 Å². The van der Waals surface area contributed by atoms with Crippen molar-refractivity contribution < 1.29 is 4.79 Å². The van der Waals surface area contributed by atoms with Gasteiger partial charge >= 0.3 is 0 Å². The van der Waals surface area contributed by atoms with Crippen LogP contribution in [0.25, 0.3) is 6.08 Å². The topological polar surface area (TPSA) is 23.6 Å². The smallest absolute Gasteiger partial charge is 0.266 e. The minimum atomic E-state index is -0.00290. The third-order valence-electron chi connectivity index (χ3n) is 5.07. The number of hydrogen-bond donors (Lipinski definition) is 0.